The van der Waals surface area contributed by atoms with Gasteiger partial charge in [0.2, 0.25) is 0 Å². The Balaban J connectivity index is 2.45. The predicted molar refractivity (Wildman–Crippen MR) is 58.6 cm³/mol. The molecule has 1 aromatic heterocycles. The Morgan fingerprint density at radius 1 is 1.20 bits per heavy atom. The lowest BCUT2D eigenvalue weighted by atomic mass is 10.1. The predicted octanol–water partition coefficient (Wildman–Crippen LogP) is 1.75. The molecule has 0 fully saturated rings. The number of rotatable bonds is 1. The molecule has 2 rings (SSSR count). The molecule has 1 heterocycles. The van der Waals surface area contributed by atoms with Crippen molar-refractivity contribution < 1.29 is 8.42 Å². The zero-order chi connectivity index (χ0) is 10.9. The van der Waals surface area contributed by atoms with Crippen LogP contribution in [0.4, 0.5) is 0 Å². The van der Waals surface area contributed by atoms with Gasteiger partial charge in [-0.05, 0) is 37.3 Å². The summed E-state index contributed by atoms with van der Waals surface area (Å²) in [5.41, 5.74) is 2.20. The van der Waals surface area contributed by atoms with Crippen molar-refractivity contribution in [2.75, 3.05) is 6.26 Å². The summed E-state index contributed by atoms with van der Waals surface area (Å²) < 4.78 is 22.7. The van der Waals surface area contributed by atoms with Crippen LogP contribution in [0.3, 0.4) is 0 Å². The molecule has 82 valence electrons. The van der Waals surface area contributed by atoms with Crippen molar-refractivity contribution in [3.8, 4) is 0 Å². The molecule has 0 saturated carbocycles. The van der Waals surface area contributed by atoms with Gasteiger partial charge in [-0.25, -0.2) is 8.42 Å². The third kappa shape index (κ3) is 2.37. The van der Waals surface area contributed by atoms with Gasteiger partial charge in [-0.15, -0.1) is 0 Å². The summed E-state index contributed by atoms with van der Waals surface area (Å²) in [6.07, 6.45) is 8.18. The van der Waals surface area contributed by atoms with Crippen LogP contribution in [0.5, 0.6) is 0 Å². The molecule has 4 heteroatoms. The number of aryl methyl sites for hydroxylation is 2. The Bertz CT molecular complexity index is 465. The monoisotopic (exact) mass is 225 g/mol. The summed E-state index contributed by atoms with van der Waals surface area (Å²) in [6, 6.07) is 1.79. The fourth-order valence-corrected chi connectivity index (χ4v) is 2.55. The van der Waals surface area contributed by atoms with Gasteiger partial charge >= 0.3 is 0 Å². The van der Waals surface area contributed by atoms with E-state index in [4.69, 9.17) is 0 Å². The first-order chi connectivity index (χ1) is 7.07. The molecule has 0 radical (unpaired) electrons. The van der Waals surface area contributed by atoms with Gasteiger partial charge in [0.25, 0.3) is 0 Å². The summed E-state index contributed by atoms with van der Waals surface area (Å²) in [4.78, 5) is 4.62. The molecule has 3 nitrogen and oxygen atoms in total. The highest BCUT2D eigenvalue weighted by Gasteiger charge is 2.13. The molecular weight excluding hydrogens is 210 g/mol. The molecule has 15 heavy (non-hydrogen) atoms. The Hall–Kier alpha value is -0.900. The van der Waals surface area contributed by atoms with E-state index in [9.17, 15) is 8.42 Å². The third-order valence-electron chi connectivity index (χ3n) is 2.82. The van der Waals surface area contributed by atoms with Gasteiger partial charge in [0.15, 0.2) is 9.84 Å². The Morgan fingerprint density at radius 2 is 1.93 bits per heavy atom. The molecule has 0 spiro atoms. The minimum Gasteiger partial charge on any atom is -0.260 e. The average molecular weight is 225 g/mol. The normalized spacial score (nSPS) is 16.9. The highest BCUT2D eigenvalue weighted by molar-refractivity contribution is 7.90. The zero-order valence-electron chi connectivity index (χ0n) is 8.86. The summed E-state index contributed by atoms with van der Waals surface area (Å²) >= 11 is 0. The number of fused-ring (bicyclic) bond motifs is 1. The summed E-state index contributed by atoms with van der Waals surface area (Å²) in [6.45, 7) is 0. The Morgan fingerprint density at radius 3 is 2.67 bits per heavy atom. The van der Waals surface area contributed by atoms with E-state index in [2.05, 4.69) is 4.98 Å². The fraction of sp³-hybridized carbons (Fsp3) is 0.545. The Labute approximate surface area is 90.5 Å². The Kier molecular flexibility index (Phi) is 2.78. The lowest BCUT2D eigenvalue weighted by molar-refractivity contribution is 0.601. The van der Waals surface area contributed by atoms with Crippen LogP contribution in [-0.2, 0) is 22.7 Å². The van der Waals surface area contributed by atoms with Crippen LogP contribution in [0, 0.1) is 0 Å². The molecular formula is C11H15NO2S. The zero-order valence-corrected chi connectivity index (χ0v) is 9.68. The molecule has 1 aromatic rings. The first kappa shape index (κ1) is 10.6. The smallest absolute Gasteiger partial charge is 0.177 e. The second kappa shape index (κ2) is 3.93. The van der Waals surface area contributed by atoms with Crippen molar-refractivity contribution in [1.29, 1.82) is 0 Å². The molecule has 1 aliphatic rings. The molecule has 0 aromatic carbocycles. The maximum absolute atomic E-state index is 11.4. The molecule has 1 aliphatic carbocycles. The molecule has 0 saturated heterocycles. The maximum atomic E-state index is 11.4. The first-order valence-electron chi connectivity index (χ1n) is 5.25. The summed E-state index contributed by atoms with van der Waals surface area (Å²) in [5.74, 6) is 0. The quantitative estimate of drug-likeness (QED) is 0.684. The van der Waals surface area contributed by atoms with Gasteiger partial charge in [-0.2, -0.15) is 0 Å². The number of aromatic nitrogens is 1. The van der Waals surface area contributed by atoms with Crippen molar-refractivity contribution in [2.45, 2.75) is 37.0 Å². The lowest BCUT2D eigenvalue weighted by Gasteiger charge is -2.06. The van der Waals surface area contributed by atoms with E-state index in [-0.39, 0.29) is 0 Å². The van der Waals surface area contributed by atoms with Crippen molar-refractivity contribution in [3.05, 3.63) is 23.5 Å². The van der Waals surface area contributed by atoms with Gasteiger partial charge in [0.1, 0.15) is 0 Å². The van der Waals surface area contributed by atoms with Crippen molar-refractivity contribution in [1.82, 2.24) is 4.98 Å². The van der Waals surface area contributed by atoms with Crippen molar-refractivity contribution in [2.24, 2.45) is 0 Å². The standard InChI is InChI=1S/C11H15NO2S/c1-15(13,14)10-7-9-5-3-2-4-6-11(9)12-8-10/h7-8H,2-6H2,1H3. The molecule has 0 aliphatic heterocycles. The number of hydrogen-bond acceptors (Lipinski definition) is 3. The third-order valence-corrected chi connectivity index (χ3v) is 3.90. The van der Waals surface area contributed by atoms with Gasteiger partial charge < -0.3 is 0 Å². The topological polar surface area (TPSA) is 47.0 Å². The van der Waals surface area contributed by atoms with E-state index in [0.29, 0.717) is 4.90 Å². The van der Waals surface area contributed by atoms with Crippen LogP contribution in [0.15, 0.2) is 17.2 Å². The largest absolute Gasteiger partial charge is 0.260 e. The maximum Gasteiger partial charge on any atom is 0.177 e. The highest BCUT2D eigenvalue weighted by atomic mass is 32.2. The van der Waals surface area contributed by atoms with Gasteiger partial charge in [0.05, 0.1) is 4.90 Å². The van der Waals surface area contributed by atoms with Crippen LogP contribution in [-0.4, -0.2) is 19.7 Å². The van der Waals surface area contributed by atoms with Crippen LogP contribution < -0.4 is 0 Å². The summed E-state index contributed by atoms with van der Waals surface area (Å²) in [5, 5.41) is 0. The molecule has 0 amide bonds. The molecule has 0 atom stereocenters. The molecule has 0 bridgehead atoms. The molecule has 0 unspecified atom stereocenters. The highest BCUT2D eigenvalue weighted by Crippen LogP contribution is 2.21. The second-order valence-electron chi connectivity index (χ2n) is 4.11. The number of sulfone groups is 1. The van der Waals surface area contributed by atoms with Crippen molar-refractivity contribution in [3.63, 3.8) is 0 Å². The van der Waals surface area contributed by atoms with E-state index in [0.717, 1.165) is 36.9 Å². The second-order valence-corrected chi connectivity index (χ2v) is 6.13. The summed E-state index contributed by atoms with van der Waals surface area (Å²) in [7, 11) is -3.11. The minimum atomic E-state index is -3.11. The van der Waals surface area contributed by atoms with Crippen LogP contribution in [0.2, 0.25) is 0 Å². The van der Waals surface area contributed by atoms with E-state index >= 15 is 0 Å². The van der Waals surface area contributed by atoms with E-state index in [1.54, 1.807) is 6.07 Å². The average Bonchev–Trinajstić information content (AvgIpc) is 2.39. The molecule has 0 N–H and O–H groups in total. The van der Waals surface area contributed by atoms with Crippen molar-refractivity contribution >= 4 is 9.84 Å². The van der Waals surface area contributed by atoms with E-state index in [1.807, 2.05) is 0 Å². The first-order valence-corrected chi connectivity index (χ1v) is 7.14. The van der Waals surface area contributed by atoms with Gasteiger partial charge in [-0.1, -0.05) is 6.42 Å². The number of pyridine rings is 1. The van der Waals surface area contributed by atoms with E-state index < -0.39 is 9.84 Å². The number of hydrogen-bond donors (Lipinski definition) is 0. The van der Waals surface area contributed by atoms with Crippen LogP contribution in [0.25, 0.3) is 0 Å². The van der Waals surface area contributed by atoms with E-state index in [1.165, 1.54) is 18.9 Å². The minimum absolute atomic E-state index is 0.350. The van der Waals surface area contributed by atoms with Crippen LogP contribution >= 0.6 is 0 Å². The number of nitrogens with zero attached hydrogens (tertiary/aromatic N) is 1. The fourth-order valence-electron chi connectivity index (χ4n) is 1.95. The SMILES string of the molecule is CS(=O)(=O)c1cnc2c(c1)CCCCC2. The van der Waals surface area contributed by atoms with Gasteiger partial charge in [-0.3, -0.25) is 4.98 Å². The van der Waals surface area contributed by atoms with Crippen LogP contribution in [0.1, 0.15) is 30.5 Å². The van der Waals surface area contributed by atoms with Gasteiger partial charge in [0, 0.05) is 18.1 Å². The lowest BCUT2D eigenvalue weighted by Crippen LogP contribution is -2.02.